The molecule has 1 aromatic rings. The van der Waals surface area contributed by atoms with Crippen LogP contribution in [0.5, 0.6) is 0 Å². The Labute approximate surface area is 68.2 Å². The van der Waals surface area contributed by atoms with Crippen molar-refractivity contribution in [2.45, 2.75) is 26.7 Å². The van der Waals surface area contributed by atoms with Crippen molar-refractivity contribution in [1.82, 2.24) is 0 Å². The molecule has 0 aliphatic heterocycles. The van der Waals surface area contributed by atoms with Crippen molar-refractivity contribution in [2.24, 2.45) is 0 Å². The molecule has 0 fully saturated rings. The molecule has 1 aromatic carbocycles. The molecule has 1 rings (SSSR count). The molecule has 0 bridgehead atoms. The molecule has 0 atom stereocenters. The fourth-order valence-electron chi connectivity index (χ4n) is 1.24. The summed E-state index contributed by atoms with van der Waals surface area (Å²) in [5.74, 6) is 0. The molecule has 11 heavy (non-hydrogen) atoms. The summed E-state index contributed by atoms with van der Waals surface area (Å²) in [4.78, 5) is 0. The van der Waals surface area contributed by atoms with E-state index in [4.69, 9.17) is 5.73 Å². The maximum Gasteiger partial charge on any atom is 0.0397 e. The van der Waals surface area contributed by atoms with Crippen molar-refractivity contribution in [1.29, 1.82) is 0 Å². The van der Waals surface area contributed by atoms with E-state index in [1.165, 1.54) is 11.1 Å². The Kier molecular flexibility index (Phi) is 2.53. The van der Waals surface area contributed by atoms with E-state index in [0.717, 1.165) is 18.5 Å². The van der Waals surface area contributed by atoms with Crippen molar-refractivity contribution in [3.05, 3.63) is 29.3 Å². The molecule has 0 heterocycles. The highest BCUT2D eigenvalue weighted by Gasteiger charge is 1.97. The van der Waals surface area contributed by atoms with Gasteiger partial charge in [0.15, 0.2) is 0 Å². The van der Waals surface area contributed by atoms with Gasteiger partial charge in [0.05, 0.1) is 0 Å². The zero-order valence-electron chi connectivity index (χ0n) is 7.15. The van der Waals surface area contributed by atoms with Crippen LogP contribution in [0.2, 0.25) is 0 Å². The van der Waals surface area contributed by atoms with Crippen LogP contribution in [0.3, 0.4) is 0 Å². The van der Waals surface area contributed by atoms with Crippen LogP contribution in [0.15, 0.2) is 12.1 Å². The molecule has 0 aliphatic rings. The molecule has 59 valence electrons. The van der Waals surface area contributed by atoms with Crippen molar-refractivity contribution >= 4 is 5.69 Å². The van der Waals surface area contributed by atoms with Gasteiger partial charge in [0.2, 0.25) is 0 Å². The minimum absolute atomic E-state index is 0.749. The van der Waals surface area contributed by atoms with Crippen LogP contribution in [0.25, 0.3) is 0 Å². The van der Waals surface area contributed by atoms with Crippen LogP contribution >= 0.6 is 0 Å². The first-order chi connectivity index (χ1) is 5.27. The van der Waals surface area contributed by atoms with Crippen LogP contribution in [0.4, 0.5) is 5.69 Å². The Morgan fingerprint density at radius 2 is 1.91 bits per heavy atom. The van der Waals surface area contributed by atoms with Gasteiger partial charge in [-0.3, -0.25) is 0 Å². The van der Waals surface area contributed by atoms with Crippen molar-refractivity contribution < 1.29 is 0 Å². The fourth-order valence-corrected chi connectivity index (χ4v) is 1.24. The SMILES string of the molecule is CCc1c[c]c(N)cc1CC. The summed E-state index contributed by atoms with van der Waals surface area (Å²) in [7, 11) is 0. The van der Waals surface area contributed by atoms with Gasteiger partial charge in [0.25, 0.3) is 0 Å². The Bertz CT molecular complexity index is 241. The molecule has 0 saturated heterocycles. The maximum absolute atomic E-state index is 5.60. The number of anilines is 1. The molecular formula is C10H14N. The monoisotopic (exact) mass is 148 g/mol. The second-order valence-electron chi connectivity index (χ2n) is 2.65. The molecular weight excluding hydrogens is 134 g/mol. The quantitative estimate of drug-likeness (QED) is 0.639. The molecule has 1 nitrogen and oxygen atoms in total. The number of nitrogen functional groups attached to an aromatic ring is 1. The van der Waals surface area contributed by atoms with E-state index in [1.807, 2.05) is 12.1 Å². The van der Waals surface area contributed by atoms with Crippen LogP contribution in [0, 0.1) is 6.07 Å². The van der Waals surface area contributed by atoms with Gasteiger partial charge in [0, 0.05) is 11.8 Å². The van der Waals surface area contributed by atoms with E-state index >= 15 is 0 Å². The van der Waals surface area contributed by atoms with Gasteiger partial charge < -0.3 is 5.73 Å². The molecule has 1 heteroatoms. The number of hydrogen-bond acceptors (Lipinski definition) is 1. The second kappa shape index (κ2) is 3.42. The number of rotatable bonds is 2. The maximum atomic E-state index is 5.60. The summed E-state index contributed by atoms with van der Waals surface area (Å²) >= 11 is 0. The second-order valence-corrected chi connectivity index (χ2v) is 2.65. The molecule has 0 amide bonds. The minimum Gasteiger partial charge on any atom is -0.398 e. The summed E-state index contributed by atoms with van der Waals surface area (Å²) in [6.07, 6.45) is 2.13. The van der Waals surface area contributed by atoms with Gasteiger partial charge in [-0.25, -0.2) is 0 Å². The first-order valence-corrected chi connectivity index (χ1v) is 4.06. The van der Waals surface area contributed by atoms with Gasteiger partial charge in [-0.15, -0.1) is 0 Å². The first kappa shape index (κ1) is 8.12. The zero-order chi connectivity index (χ0) is 8.27. The highest BCUT2D eigenvalue weighted by molar-refractivity contribution is 5.43. The molecule has 2 N–H and O–H groups in total. The summed E-state index contributed by atoms with van der Waals surface area (Å²) < 4.78 is 0. The third-order valence-corrected chi connectivity index (χ3v) is 1.92. The average molecular weight is 148 g/mol. The van der Waals surface area contributed by atoms with Gasteiger partial charge in [-0.2, -0.15) is 0 Å². The van der Waals surface area contributed by atoms with Crippen molar-refractivity contribution in [3.63, 3.8) is 0 Å². The van der Waals surface area contributed by atoms with E-state index < -0.39 is 0 Å². The predicted octanol–water partition coefficient (Wildman–Crippen LogP) is 2.19. The Morgan fingerprint density at radius 1 is 1.27 bits per heavy atom. The molecule has 0 aliphatic carbocycles. The van der Waals surface area contributed by atoms with Crippen LogP contribution in [-0.4, -0.2) is 0 Å². The van der Waals surface area contributed by atoms with Crippen molar-refractivity contribution in [2.75, 3.05) is 5.73 Å². The summed E-state index contributed by atoms with van der Waals surface area (Å²) in [5.41, 5.74) is 9.06. The van der Waals surface area contributed by atoms with E-state index in [2.05, 4.69) is 19.9 Å². The number of nitrogens with two attached hydrogens (primary N) is 1. The fraction of sp³-hybridized carbons (Fsp3) is 0.400. The van der Waals surface area contributed by atoms with Crippen LogP contribution in [-0.2, 0) is 12.8 Å². The average Bonchev–Trinajstić information content (AvgIpc) is 2.04. The van der Waals surface area contributed by atoms with Crippen LogP contribution in [0.1, 0.15) is 25.0 Å². The van der Waals surface area contributed by atoms with E-state index in [0.29, 0.717) is 0 Å². The standard InChI is InChI=1S/C10H14N/c1-3-8-5-6-10(11)7-9(8)4-2/h5,7H,3-4,11H2,1-2H3. The third-order valence-electron chi connectivity index (χ3n) is 1.92. The highest BCUT2D eigenvalue weighted by Crippen LogP contribution is 2.13. The van der Waals surface area contributed by atoms with Gasteiger partial charge in [0.1, 0.15) is 0 Å². The molecule has 0 unspecified atom stereocenters. The van der Waals surface area contributed by atoms with E-state index in [1.54, 1.807) is 0 Å². The topological polar surface area (TPSA) is 26.0 Å². The first-order valence-electron chi connectivity index (χ1n) is 4.06. The Balaban J connectivity index is 3.06. The van der Waals surface area contributed by atoms with Gasteiger partial charge in [-0.1, -0.05) is 13.8 Å². The highest BCUT2D eigenvalue weighted by atomic mass is 14.5. The molecule has 0 spiro atoms. The normalized spacial score (nSPS) is 10.0. The molecule has 1 radical (unpaired) electrons. The zero-order valence-corrected chi connectivity index (χ0v) is 7.15. The lowest BCUT2D eigenvalue weighted by atomic mass is 10.0. The Morgan fingerprint density at radius 3 is 2.45 bits per heavy atom. The van der Waals surface area contributed by atoms with E-state index in [-0.39, 0.29) is 0 Å². The smallest absolute Gasteiger partial charge is 0.0397 e. The lowest BCUT2D eigenvalue weighted by molar-refractivity contribution is 1.04. The Hall–Kier alpha value is -0.980. The third kappa shape index (κ3) is 1.73. The summed E-state index contributed by atoms with van der Waals surface area (Å²) in [6.45, 7) is 4.30. The van der Waals surface area contributed by atoms with Gasteiger partial charge >= 0.3 is 0 Å². The van der Waals surface area contributed by atoms with Gasteiger partial charge in [-0.05, 0) is 36.1 Å². The molecule has 0 saturated carbocycles. The van der Waals surface area contributed by atoms with Crippen LogP contribution < -0.4 is 5.73 Å². The largest absolute Gasteiger partial charge is 0.398 e. The lowest BCUT2D eigenvalue weighted by Gasteiger charge is -2.04. The molecule has 0 aromatic heterocycles. The predicted molar refractivity (Wildman–Crippen MR) is 48.4 cm³/mol. The number of aryl methyl sites for hydroxylation is 2. The minimum atomic E-state index is 0.749. The van der Waals surface area contributed by atoms with E-state index in [9.17, 15) is 0 Å². The lowest BCUT2D eigenvalue weighted by Crippen LogP contribution is -1.93. The summed E-state index contributed by atoms with van der Waals surface area (Å²) in [5, 5.41) is 0. The number of benzene rings is 1. The summed E-state index contributed by atoms with van der Waals surface area (Å²) in [6, 6.07) is 7.01. The van der Waals surface area contributed by atoms with Crippen molar-refractivity contribution in [3.8, 4) is 0 Å². The number of hydrogen-bond donors (Lipinski definition) is 1.